The van der Waals surface area contributed by atoms with Gasteiger partial charge in [-0.2, -0.15) is 0 Å². The van der Waals surface area contributed by atoms with Gasteiger partial charge in [0.05, 0.1) is 0 Å². The smallest absolute Gasteiger partial charge is 0.155 e. The highest BCUT2D eigenvalue weighted by atomic mass is 16.1. The Morgan fingerprint density at radius 2 is 1.67 bits per heavy atom. The molecule has 0 heterocycles. The largest absolute Gasteiger partial charge is 0.295 e. The molecule has 0 aromatic carbocycles. The number of allylic oxidation sites excluding steroid dienone is 2. The minimum Gasteiger partial charge on any atom is -0.295 e. The van der Waals surface area contributed by atoms with Crippen LogP contribution in [0.4, 0.5) is 0 Å². The number of rotatable bonds is 9. The van der Waals surface area contributed by atoms with E-state index < -0.39 is 0 Å². The molecular weight excluding hydrogens is 184 g/mol. The molecular formula is C14H26O. The van der Waals surface area contributed by atoms with E-state index in [9.17, 15) is 4.79 Å². The summed E-state index contributed by atoms with van der Waals surface area (Å²) < 4.78 is 0. The Balaban J connectivity index is 3.15. The fourth-order valence-corrected chi connectivity index (χ4v) is 1.65. The van der Waals surface area contributed by atoms with E-state index in [4.69, 9.17) is 0 Å². The van der Waals surface area contributed by atoms with E-state index in [0.717, 1.165) is 18.8 Å². The van der Waals surface area contributed by atoms with E-state index in [2.05, 4.69) is 13.8 Å². The molecule has 0 fully saturated rings. The lowest BCUT2D eigenvalue weighted by atomic mass is 10.0. The second kappa shape index (κ2) is 9.95. The highest BCUT2D eigenvalue weighted by Crippen LogP contribution is 2.11. The minimum absolute atomic E-state index is 0.277. The third kappa shape index (κ3) is 11.3. The molecule has 0 radical (unpaired) electrons. The lowest BCUT2D eigenvalue weighted by Crippen LogP contribution is -1.92. The maximum absolute atomic E-state index is 11.1. The zero-order chi connectivity index (χ0) is 11.5. The van der Waals surface area contributed by atoms with Crippen LogP contribution in [0.3, 0.4) is 0 Å². The molecule has 0 rings (SSSR count). The molecule has 15 heavy (non-hydrogen) atoms. The molecule has 0 aliphatic heterocycles. The lowest BCUT2D eigenvalue weighted by Gasteiger charge is -2.03. The number of unbranched alkanes of at least 4 members (excludes halogenated alkanes) is 4. The quantitative estimate of drug-likeness (QED) is 0.404. The molecule has 0 N–H and O–H groups in total. The molecule has 0 aliphatic carbocycles. The van der Waals surface area contributed by atoms with E-state index in [1.54, 1.807) is 6.08 Å². The van der Waals surface area contributed by atoms with Crippen molar-refractivity contribution < 1.29 is 4.79 Å². The molecule has 0 aromatic rings. The summed E-state index contributed by atoms with van der Waals surface area (Å²) in [6, 6.07) is 0. The number of hydrogen-bond acceptors (Lipinski definition) is 1. The summed E-state index contributed by atoms with van der Waals surface area (Å²) in [5.74, 6) is 1.11. The van der Waals surface area contributed by atoms with Crippen LogP contribution < -0.4 is 0 Å². The van der Waals surface area contributed by atoms with E-state index in [1.165, 1.54) is 32.1 Å². The van der Waals surface area contributed by atoms with Gasteiger partial charge >= 0.3 is 0 Å². The first-order valence-electron chi connectivity index (χ1n) is 6.32. The van der Waals surface area contributed by atoms with Gasteiger partial charge in [0.2, 0.25) is 0 Å². The van der Waals surface area contributed by atoms with Gasteiger partial charge in [0.15, 0.2) is 5.78 Å². The molecule has 0 bridgehead atoms. The molecule has 88 valence electrons. The summed E-state index contributed by atoms with van der Waals surface area (Å²) in [7, 11) is 0. The molecule has 0 amide bonds. The maximum Gasteiger partial charge on any atom is 0.155 e. The fraction of sp³-hybridized carbons (Fsp3) is 0.786. The SMILES string of the molecule is CC=CC(=O)CCCCCCCC(C)C. The highest BCUT2D eigenvalue weighted by Gasteiger charge is 1.97. The van der Waals surface area contributed by atoms with Crippen molar-refractivity contribution in [2.75, 3.05) is 0 Å². The molecule has 0 aromatic heterocycles. The van der Waals surface area contributed by atoms with Gasteiger partial charge < -0.3 is 0 Å². The summed E-state index contributed by atoms with van der Waals surface area (Å²) in [4.78, 5) is 11.1. The number of carbonyl (C=O) groups excluding carboxylic acids is 1. The highest BCUT2D eigenvalue weighted by molar-refractivity contribution is 5.89. The van der Waals surface area contributed by atoms with Crippen molar-refractivity contribution in [2.45, 2.75) is 65.7 Å². The van der Waals surface area contributed by atoms with Gasteiger partial charge in [0.1, 0.15) is 0 Å². The third-order valence-corrected chi connectivity index (χ3v) is 2.56. The van der Waals surface area contributed by atoms with E-state index >= 15 is 0 Å². The monoisotopic (exact) mass is 210 g/mol. The van der Waals surface area contributed by atoms with Gasteiger partial charge in [-0.05, 0) is 25.3 Å². The van der Waals surface area contributed by atoms with Crippen LogP contribution in [0.1, 0.15) is 65.7 Å². The van der Waals surface area contributed by atoms with Gasteiger partial charge in [0.25, 0.3) is 0 Å². The van der Waals surface area contributed by atoms with Crippen molar-refractivity contribution in [1.29, 1.82) is 0 Å². The molecule has 1 nitrogen and oxygen atoms in total. The van der Waals surface area contributed by atoms with Crippen molar-refractivity contribution >= 4 is 5.78 Å². The first-order valence-corrected chi connectivity index (χ1v) is 6.32. The molecule has 0 unspecified atom stereocenters. The van der Waals surface area contributed by atoms with Crippen LogP contribution in [0.15, 0.2) is 12.2 Å². The molecule has 0 atom stereocenters. The van der Waals surface area contributed by atoms with E-state index in [-0.39, 0.29) is 5.78 Å². The summed E-state index contributed by atoms with van der Waals surface area (Å²) in [6.07, 6.45) is 11.8. The van der Waals surface area contributed by atoms with Crippen LogP contribution >= 0.6 is 0 Å². The van der Waals surface area contributed by atoms with Crippen molar-refractivity contribution in [3.63, 3.8) is 0 Å². The summed E-state index contributed by atoms with van der Waals surface area (Å²) in [5.41, 5.74) is 0. The average molecular weight is 210 g/mol. The van der Waals surface area contributed by atoms with Crippen LogP contribution in [-0.2, 0) is 4.79 Å². The topological polar surface area (TPSA) is 17.1 Å². The average Bonchev–Trinajstić information content (AvgIpc) is 2.16. The van der Waals surface area contributed by atoms with E-state index in [0.29, 0.717) is 0 Å². The number of ketones is 1. The molecule has 0 aliphatic rings. The van der Waals surface area contributed by atoms with Crippen LogP contribution in [0, 0.1) is 5.92 Å². The Labute approximate surface area is 95.0 Å². The van der Waals surface area contributed by atoms with Crippen molar-refractivity contribution in [3.8, 4) is 0 Å². The second-order valence-corrected chi connectivity index (χ2v) is 4.67. The Morgan fingerprint density at radius 1 is 1.07 bits per heavy atom. The zero-order valence-electron chi connectivity index (χ0n) is 10.6. The van der Waals surface area contributed by atoms with Crippen LogP contribution in [0.25, 0.3) is 0 Å². The first-order chi connectivity index (χ1) is 7.16. The van der Waals surface area contributed by atoms with Gasteiger partial charge in [0, 0.05) is 6.42 Å². The Bertz CT molecular complexity index is 180. The Hall–Kier alpha value is -0.590. The third-order valence-electron chi connectivity index (χ3n) is 2.56. The standard InChI is InChI=1S/C14H26O/c1-4-10-14(15)12-9-7-5-6-8-11-13(2)3/h4,10,13H,5-9,11-12H2,1-3H3. The molecule has 1 heteroatoms. The van der Waals surface area contributed by atoms with Gasteiger partial charge in [-0.3, -0.25) is 4.79 Å². The molecule has 0 saturated heterocycles. The van der Waals surface area contributed by atoms with Crippen molar-refractivity contribution in [3.05, 3.63) is 12.2 Å². The molecule has 0 spiro atoms. The fourth-order valence-electron chi connectivity index (χ4n) is 1.65. The van der Waals surface area contributed by atoms with E-state index in [1.807, 2.05) is 13.0 Å². The maximum atomic E-state index is 11.1. The summed E-state index contributed by atoms with van der Waals surface area (Å²) in [6.45, 7) is 6.44. The number of hydrogen-bond donors (Lipinski definition) is 0. The van der Waals surface area contributed by atoms with Gasteiger partial charge in [-0.1, -0.05) is 52.0 Å². The van der Waals surface area contributed by atoms with Crippen LogP contribution in [0.5, 0.6) is 0 Å². The normalized spacial score (nSPS) is 11.5. The molecule has 0 saturated carbocycles. The Morgan fingerprint density at radius 3 is 2.27 bits per heavy atom. The van der Waals surface area contributed by atoms with Crippen LogP contribution in [-0.4, -0.2) is 5.78 Å². The van der Waals surface area contributed by atoms with Crippen molar-refractivity contribution in [1.82, 2.24) is 0 Å². The van der Waals surface area contributed by atoms with Gasteiger partial charge in [-0.25, -0.2) is 0 Å². The number of carbonyl (C=O) groups is 1. The minimum atomic E-state index is 0.277. The first kappa shape index (κ1) is 14.4. The van der Waals surface area contributed by atoms with Gasteiger partial charge in [-0.15, -0.1) is 0 Å². The summed E-state index contributed by atoms with van der Waals surface area (Å²) in [5, 5.41) is 0. The lowest BCUT2D eigenvalue weighted by molar-refractivity contribution is -0.114. The predicted octanol–water partition coefficient (Wildman–Crippen LogP) is 4.52. The zero-order valence-corrected chi connectivity index (χ0v) is 10.6. The van der Waals surface area contributed by atoms with Crippen LogP contribution in [0.2, 0.25) is 0 Å². The summed E-state index contributed by atoms with van der Waals surface area (Å²) >= 11 is 0. The second-order valence-electron chi connectivity index (χ2n) is 4.67. The predicted molar refractivity (Wildman–Crippen MR) is 67.0 cm³/mol. The van der Waals surface area contributed by atoms with Crippen molar-refractivity contribution in [2.24, 2.45) is 5.92 Å². The Kier molecular flexibility index (Phi) is 9.55.